The number of aliphatic imine (C=N–C) groups is 1. The van der Waals surface area contributed by atoms with Crippen molar-refractivity contribution in [3.8, 4) is 11.8 Å². The van der Waals surface area contributed by atoms with Crippen LogP contribution in [-0.4, -0.2) is 51.5 Å². The maximum atomic E-state index is 12.7. The standard InChI is InChI=1S/C19H24F3N3O2.HI/c1-14(12-27-17-8-10-26-13-17)25-18(23-2)24-9-4-6-15-5-3-7-16(11-15)19(20,21)22;/h3,5,7,11,14,17H,8-10,12-13H2,1-2H3,(H2,23,24,25);1H. The highest BCUT2D eigenvalue weighted by Crippen LogP contribution is 2.29. The van der Waals surface area contributed by atoms with Crippen LogP contribution in [0.1, 0.15) is 24.5 Å². The first-order chi connectivity index (χ1) is 12.9. The van der Waals surface area contributed by atoms with Gasteiger partial charge in [-0.05, 0) is 31.5 Å². The van der Waals surface area contributed by atoms with Crippen LogP contribution in [0.25, 0.3) is 0 Å². The molecule has 9 heteroatoms. The van der Waals surface area contributed by atoms with E-state index in [0.717, 1.165) is 25.2 Å². The summed E-state index contributed by atoms with van der Waals surface area (Å²) < 4.78 is 49.1. The number of halogens is 4. The van der Waals surface area contributed by atoms with E-state index in [2.05, 4.69) is 27.5 Å². The van der Waals surface area contributed by atoms with E-state index in [-0.39, 0.29) is 42.7 Å². The van der Waals surface area contributed by atoms with Crippen LogP contribution < -0.4 is 10.6 Å². The highest BCUT2D eigenvalue weighted by Gasteiger charge is 2.30. The van der Waals surface area contributed by atoms with Gasteiger partial charge in [-0.3, -0.25) is 4.99 Å². The van der Waals surface area contributed by atoms with Gasteiger partial charge in [-0.25, -0.2) is 0 Å². The van der Waals surface area contributed by atoms with Crippen molar-refractivity contribution in [2.45, 2.75) is 31.7 Å². The van der Waals surface area contributed by atoms with Gasteiger partial charge in [0.15, 0.2) is 5.96 Å². The Hall–Kier alpha value is -1.51. The summed E-state index contributed by atoms with van der Waals surface area (Å²) in [6.45, 7) is 4.10. The van der Waals surface area contributed by atoms with Crippen LogP contribution in [0, 0.1) is 11.8 Å². The molecule has 0 spiro atoms. The summed E-state index contributed by atoms with van der Waals surface area (Å²) in [5, 5.41) is 6.18. The molecular weight excluding hydrogens is 486 g/mol. The van der Waals surface area contributed by atoms with Crippen LogP contribution in [0.3, 0.4) is 0 Å². The van der Waals surface area contributed by atoms with E-state index in [0.29, 0.717) is 24.7 Å². The Balaban J connectivity index is 0.00000392. The summed E-state index contributed by atoms with van der Waals surface area (Å²) in [7, 11) is 1.63. The van der Waals surface area contributed by atoms with E-state index >= 15 is 0 Å². The Bertz CT molecular complexity index is 696. The first-order valence-electron chi connectivity index (χ1n) is 8.71. The Morgan fingerprint density at radius 2 is 2.21 bits per heavy atom. The molecule has 0 aliphatic carbocycles. The molecule has 28 heavy (non-hydrogen) atoms. The van der Waals surface area contributed by atoms with E-state index in [4.69, 9.17) is 9.47 Å². The average Bonchev–Trinajstić information content (AvgIpc) is 3.15. The molecule has 2 atom stereocenters. The van der Waals surface area contributed by atoms with Gasteiger partial charge in [0.1, 0.15) is 0 Å². The van der Waals surface area contributed by atoms with Gasteiger partial charge in [0.05, 0.1) is 31.4 Å². The molecule has 0 amide bonds. The number of guanidine groups is 1. The number of alkyl halides is 3. The van der Waals surface area contributed by atoms with Crippen molar-refractivity contribution in [3.05, 3.63) is 35.4 Å². The molecule has 0 saturated carbocycles. The van der Waals surface area contributed by atoms with Gasteiger partial charge < -0.3 is 20.1 Å². The normalized spacial score (nSPS) is 17.9. The highest BCUT2D eigenvalue weighted by molar-refractivity contribution is 14.0. The summed E-state index contributed by atoms with van der Waals surface area (Å²) in [4.78, 5) is 4.10. The predicted molar refractivity (Wildman–Crippen MR) is 113 cm³/mol. The van der Waals surface area contributed by atoms with Gasteiger partial charge >= 0.3 is 6.18 Å². The summed E-state index contributed by atoms with van der Waals surface area (Å²) in [6.07, 6.45) is -3.32. The molecule has 1 saturated heterocycles. The zero-order chi connectivity index (χ0) is 19.7. The average molecular weight is 511 g/mol. The van der Waals surface area contributed by atoms with E-state index in [1.165, 1.54) is 6.07 Å². The third-order valence-electron chi connectivity index (χ3n) is 3.84. The molecule has 1 aliphatic heterocycles. The fourth-order valence-corrected chi connectivity index (χ4v) is 2.44. The zero-order valence-corrected chi connectivity index (χ0v) is 18.1. The lowest BCUT2D eigenvalue weighted by Crippen LogP contribution is -2.44. The minimum absolute atomic E-state index is 0. The number of nitrogens with one attached hydrogen (secondary N) is 2. The molecule has 1 aromatic rings. The van der Waals surface area contributed by atoms with Gasteiger partial charge in [0, 0.05) is 25.3 Å². The molecule has 1 heterocycles. The smallest absolute Gasteiger partial charge is 0.379 e. The molecule has 1 aromatic carbocycles. The van der Waals surface area contributed by atoms with Crippen LogP contribution >= 0.6 is 24.0 Å². The Labute approximate surface area is 180 Å². The highest BCUT2D eigenvalue weighted by atomic mass is 127. The van der Waals surface area contributed by atoms with Gasteiger partial charge in [-0.1, -0.05) is 17.9 Å². The SMILES string of the molecule is CN=C(NCC#Cc1cccc(C(F)(F)F)c1)NC(C)COC1CCOC1.I. The molecule has 1 aliphatic rings. The molecule has 0 aromatic heterocycles. The van der Waals surface area contributed by atoms with Crippen molar-refractivity contribution in [2.24, 2.45) is 4.99 Å². The van der Waals surface area contributed by atoms with Crippen molar-refractivity contribution in [2.75, 3.05) is 33.4 Å². The van der Waals surface area contributed by atoms with E-state index in [9.17, 15) is 13.2 Å². The molecule has 0 radical (unpaired) electrons. The minimum Gasteiger partial charge on any atom is -0.379 e. The van der Waals surface area contributed by atoms with Crippen LogP contribution in [-0.2, 0) is 15.7 Å². The van der Waals surface area contributed by atoms with Gasteiger partial charge in [0.2, 0.25) is 0 Å². The summed E-state index contributed by atoms with van der Waals surface area (Å²) in [6, 6.07) is 4.98. The lowest BCUT2D eigenvalue weighted by molar-refractivity contribution is -0.137. The fraction of sp³-hybridized carbons (Fsp3) is 0.526. The Morgan fingerprint density at radius 3 is 2.86 bits per heavy atom. The fourth-order valence-electron chi connectivity index (χ4n) is 2.44. The summed E-state index contributed by atoms with van der Waals surface area (Å²) in [5.74, 6) is 6.06. The number of ether oxygens (including phenoxy) is 2. The van der Waals surface area contributed by atoms with Crippen LogP contribution in [0.4, 0.5) is 13.2 Å². The maximum absolute atomic E-state index is 12.7. The zero-order valence-electron chi connectivity index (χ0n) is 15.8. The monoisotopic (exact) mass is 511 g/mol. The maximum Gasteiger partial charge on any atom is 0.416 e. The summed E-state index contributed by atoms with van der Waals surface area (Å²) in [5.41, 5.74) is -0.392. The molecule has 5 nitrogen and oxygen atoms in total. The predicted octanol–water partition coefficient (Wildman–Crippen LogP) is 3.03. The topological polar surface area (TPSA) is 54.9 Å². The van der Waals surface area contributed by atoms with Gasteiger partial charge in [-0.2, -0.15) is 13.2 Å². The second kappa shape index (κ2) is 12.1. The molecule has 2 N–H and O–H groups in total. The number of hydrogen-bond acceptors (Lipinski definition) is 3. The summed E-state index contributed by atoms with van der Waals surface area (Å²) >= 11 is 0. The molecular formula is C19H25F3IN3O2. The second-order valence-corrected chi connectivity index (χ2v) is 6.17. The number of nitrogens with zero attached hydrogens (tertiary/aromatic N) is 1. The molecule has 2 unspecified atom stereocenters. The molecule has 0 bridgehead atoms. The van der Waals surface area contributed by atoms with Crippen LogP contribution in [0.5, 0.6) is 0 Å². The first kappa shape index (κ1) is 24.5. The lowest BCUT2D eigenvalue weighted by atomic mass is 10.1. The van der Waals surface area contributed by atoms with E-state index in [1.54, 1.807) is 13.1 Å². The second-order valence-electron chi connectivity index (χ2n) is 6.17. The molecule has 1 fully saturated rings. The quantitative estimate of drug-likeness (QED) is 0.276. The van der Waals surface area contributed by atoms with Crippen LogP contribution in [0.15, 0.2) is 29.3 Å². The van der Waals surface area contributed by atoms with E-state index in [1.807, 2.05) is 6.92 Å². The largest absolute Gasteiger partial charge is 0.416 e. The third kappa shape index (κ3) is 8.67. The molecule has 156 valence electrons. The number of benzene rings is 1. The van der Waals surface area contributed by atoms with Crippen molar-refractivity contribution < 1.29 is 22.6 Å². The third-order valence-corrected chi connectivity index (χ3v) is 3.84. The van der Waals surface area contributed by atoms with E-state index < -0.39 is 11.7 Å². The number of rotatable bonds is 5. The number of hydrogen-bond donors (Lipinski definition) is 2. The van der Waals surface area contributed by atoms with Gasteiger partial charge in [-0.15, -0.1) is 24.0 Å². The molecule has 2 rings (SSSR count). The van der Waals surface area contributed by atoms with Crippen molar-refractivity contribution in [1.29, 1.82) is 0 Å². The van der Waals surface area contributed by atoms with Crippen molar-refractivity contribution in [1.82, 2.24) is 10.6 Å². The Kier molecular flexibility index (Phi) is 10.6. The Morgan fingerprint density at radius 1 is 1.43 bits per heavy atom. The van der Waals surface area contributed by atoms with Crippen molar-refractivity contribution >= 4 is 29.9 Å². The van der Waals surface area contributed by atoms with Gasteiger partial charge in [0.25, 0.3) is 0 Å². The van der Waals surface area contributed by atoms with Crippen LogP contribution in [0.2, 0.25) is 0 Å². The minimum atomic E-state index is -4.37. The van der Waals surface area contributed by atoms with Crippen molar-refractivity contribution in [3.63, 3.8) is 0 Å². The first-order valence-corrected chi connectivity index (χ1v) is 8.71. The lowest BCUT2D eigenvalue weighted by Gasteiger charge is -2.19.